The Morgan fingerprint density at radius 3 is 2.53 bits per heavy atom. The number of aryl methyl sites for hydroxylation is 1. The summed E-state index contributed by atoms with van der Waals surface area (Å²) >= 11 is 5.12. The van der Waals surface area contributed by atoms with Gasteiger partial charge in [0.2, 0.25) is 5.43 Å². The van der Waals surface area contributed by atoms with Crippen LogP contribution in [-0.4, -0.2) is 15.8 Å². The van der Waals surface area contributed by atoms with Gasteiger partial charge in [0, 0.05) is 19.3 Å². The summed E-state index contributed by atoms with van der Waals surface area (Å²) < 4.78 is 37.8. The second-order valence-corrected chi connectivity index (χ2v) is 3.37. The van der Waals surface area contributed by atoms with Gasteiger partial charge in [-0.05, 0) is 0 Å². The average Bonchev–Trinajstić information content (AvgIpc) is 2.10. The minimum atomic E-state index is -4.72. The second kappa shape index (κ2) is 3.77. The van der Waals surface area contributed by atoms with Gasteiger partial charge in [-0.25, -0.2) is 0 Å². The van der Waals surface area contributed by atoms with Crippen molar-refractivity contribution in [1.82, 2.24) is 4.57 Å². The predicted octanol–water partition coefficient (Wildman–Crippen LogP) is 1.93. The lowest BCUT2D eigenvalue weighted by molar-refractivity contribution is -0.133. The molecule has 1 unspecified atom stereocenters. The molecule has 0 amide bonds. The van der Waals surface area contributed by atoms with Crippen LogP contribution in [0.2, 0.25) is 0 Å². The number of alkyl halides is 4. The zero-order valence-electron chi connectivity index (χ0n) is 7.55. The molecule has 1 atom stereocenters. The number of hydrogen-bond donors (Lipinski definition) is 1. The van der Waals surface area contributed by atoms with Crippen molar-refractivity contribution < 1.29 is 18.3 Å². The van der Waals surface area contributed by atoms with Crippen LogP contribution in [0.5, 0.6) is 5.75 Å². The van der Waals surface area contributed by atoms with Crippen molar-refractivity contribution in [3.63, 3.8) is 0 Å². The van der Waals surface area contributed by atoms with Crippen LogP contribution in [0.25, 0.3) is 0 Å². The first-order valence-electron chi connectivity index (χ1n) is 3.84. The molecule has 0 fully saturated rings. The maximum atomic E-state index is 12.3. The Labute approximate surface area is 87.7 Å². The maximum absolute atomic E-state index is 12.3. The highest BCUT2D eigenvalue weighted by Gasteiger charge is 2.42. The molecule has 0 saturated carbocycles. The molecule has 0 aliphatic heterocycles. The van der Waals surface area contributed by atoms with Crippen molar-refractivity contribution in [3.05, 3.63) is 28.2 Å². The third-order valence-corrected chi connectivity index (χ3v) is 2.29. The van der Waals surface area contributed by atoms with E-state index in [1.807, 2.05) is 0 Å². The Balaban J connectivity index is 3.37. The second-order valence-electron chi connectivity index (χ2n) is 2.93. The Morgan fingerprint density at radius 1 is 1.53 bits per heavy atom. The molecule has 0 aliphatic rings. The topological polar surface area (TPSA) is 42.2 Å². The van der Waals surface area contributed by atoms with E-state index in [2.05, 4.69) is 0 Å². The van der Waals surface area contributed by atoms with Gasteiger partial charge in [0.25, 0.3) is 0 Å². The highest BCUT2D eigenvalue weighted by molar-refractivity contribution is 6.21. The van der Waals surface area contributed by atoms with Crippen molar-refractivity contribution in [2.24, 2.45) is 7.05 Å². The van der Waals surface area contributed by atoms with Gasteiger partial charge < -0.3 is 9.67 Å². The predicted molar refractivity (Wildman–Crippen MR) is 48.0 cm³/mol. The number of pyridine rings is 1. The smallest absolute Gasteiger partial charge is 0.410 e. The third kappa shape index (κ3) is 2.26. The molecule has 1 N–H and O–H groups in total. The molecule has 1 rings (SSSR count). The highest BCUT2D eigenvalue weighted by atomic mass is 35.5. The summed E-state index contributed by atoms with van der Waals surface area (Å²) in [6, 6.07) is 0.957. The largest absolute Gasteiger partial charge is 0.503 e. The van der Waals surface area contributed by atoms with E-state index in [9.17, 15) is 23.1 Å². The number of aromatic hydroxyl groups is 1. The molecular weight excluding hydrogens is 235 g/mol. The van der Waals surface area contributed by atoms with Gasteiger partial charge in [0.1, 0.15) is 0 Å². The Morgan fingerprint density at radius 2 is 2.07 bits per heavy atom. The molecule has 1 aromatic heterocycles. The van der Waals surface area contributed by atoms with E-state index in [0.717, 1.165) is 16.8 Å². The first kappa shape index (κ1) is 11.9. The Bertz CT molecular complexity index is 427. The molecule has 0 bridgehead atoms. The summed E-state index contributed by atoms with van der Waals surface area (Å²) in [6.45, 7) is 0. The number of halogens is 4. The molecule has 1 heterocycles. The standard InChI is InChI=1S/C8H7ClF3NO2/c1-13-3-2-4(14)6(15)5(13)7(9)8(10,11)12/h2-3,7,15H,1H3. The molecule has 0 spiro atoms. The highest BCUT2D eigenvalue weighted by Crippen LogP contribution is 2.40. The van der Waals surface area contributed by atoms with Crippen molar-refractivity contribution in [2.45, 2.75) is 11.6 Å². The normalized spacial score (nSPS) is 13.9. The molecule has 84 valence electrons. The van der Waals surface area contributed by atoms with E-state index in [4.69, 9.17) is 11.6 Å². The third-order valence-electron chi connectivity index (χ3n) is 1.83. The van der Waals surface area contributed by atoms with E-state index >= 15 is 0 Å². The first-order valence-corrected chi connectivity index (χ1v) is 4.28. The molecule has 0 aromatic carbocycles. The summed E-state index contributed by atoms with van der Waals surface area (Å²) in [5, 5.41) is 6.79. The van der Waals surface area contributed by atoms with Gasteiger partial charge in [-0.2, -0.15) is 13.2 Å². The molecule has 0 saturated heterocycles. The Hall–Kier alpha value is -1.17. The molecule has 7 heteroatoms. The van der Waals surface area contributed by atoms with Gasteiger partial charge >= 0.3 is 6.18 Å². The SMILES string of the molecule is Cn1ccc(=O)c(O)c1C(Cl)C(F)(F)F. The van der Waals surface area contributed by atoms with Crippen LogP contribution in [0.3, 0.4) is 0 Å². The minimum absolute atomic E-state index is 0.656. The lowest BCUT2D eigenvalue weighted by Gasteiger charge is -2.17. The van der Waals surface area contributed by atoms with Crippen molar-refractivity contribution in [1.29, 1.82) is 0 Å². The van der Waals surface area contributed by atoms with E-state index in [1.165, 1.54) is 7.05 Å². The zero-order valence-corrected chi connectivity index (χ0v) is 8.30. The van der Waals surface area contributed by atoms with Crippen LogP contribution in [-0.2, 0) is 7.05 Å². The first-order chi connectivity index (χ1) is 6.75. The molecule has 1 aromatic rings. The van der Waals surface area contributed by atoms with E-state index in [0.29, 0.717) is 0 Å². The fraction of sp³-hybridized carbons (Fsp3) is 0.375. The lowest BCUT2D eigenvalue weighted by atomic mass is 10.2. The summed E-state index contributed by atoms with van der Waals surface area (Å²) in [4.78, 5) is 10.9. The minimum Gasteiger partial charge on any atom is -0.503 e. The van der Waals surface area contributed by atoms with E-state index in [-0.39, 0.29) is 0 Å². The maximum Gasteiger partial charge on any atom is 0.410 e. The fourth-order valence-corrected chi connectivity index (χ4v) is 1.34. The zero-order chi connectivity index (χ0) is 11.8. The fourth-order valence-electron chi connectivity index (χ4n) is 1.09. The monoisotopic (exact) mass is 241 g/mol. The molecule has 15 heavy (non-hydrogen) atoms. The van der Waals surface area contributed by atoms with Crippen LogP contribution in [0.15, 0.2) is 17.1 Å². The van der Waals surface area contributed by atoms with Crippen LogP contribution >= 0.6 is 11.6 Å². The van der Waals surface area contributed by atoms with Gasteiger partial charge in [0.15, 0.2) is 11.1 Å². The summed E-state index contributed by atoms with van der Waals surface area (Å²) in [7, 11) is 1.26. The number of hydrogen-bond acceptors (Lipinski definition) is 2. The average molecular weight is 242 g/mol. The van der Waals surface area contributed by atoms with Gasteiger partial charge in [-0.3, -0.25) is 4.79 Å². The van der Waals surface area contributed by atoms with E-state index in [1.54, 1.807) is 0 Å². The van der Waals surface area contributed by atoms with Crippen LogP contribution in [0.1, 0.15) is 11.1 Å². The summed E-state index contributed by atoms with van der Waals surface area (Å²) in [5.41, 5.74) is -1.55. The number of rotatable bonds is 1. The van der Waals surface area contributed by atoms with Crippen molar-refractivity contribution in [3.8, 4) is 5.75 Å². The quantitative estimate of drug-likeness (QED) is 0.764. The molecule has 0 radical (unpaired) electrons. The van der Waals surface area contributed by atoms with Crippen molar-refractivity contribution >= 4 is 11.6 Å². The van der Waals surface area contributed by atoms with Gasteiger partial charge in [-0.1, -0.05) is 0 Å². The van der Waals surface area contributed by atoms with Crippen molar-refractivity contribution in [2.75, 3.05) is 0 Å². The number of nitrogens with zero attached hydrogens (tertiary/aromatic N) is 1. The molecule has 0 aliphatic carbocycles. The van der Waals surface area contributed by atoms with Crippen LogP contribution < -0.4 is 5.43 Å². The Kier molecular flexibility index (Phi) is 2.99. The molecular formula is C8H7ClF3NO2. The number of aromatic nitrogens is 1. The van der Waals surface area contributed by atoms with Gasteiger partial charge in [-0.15, -0.1) is 11.6 Å². The summed E-state index contributed by atoms with van der Waals surface area (Å²) in [5.74, 6) is -0.975. The summed E-state index contributed by atoms with van der Waals surface area (Å²) in [6.07, 6.45) is -3.61. The lowest BCUT2D eigenvalue weighted by Crippen LogP contribution is -2.21. The van der Waals surface area contributed by atoms with Gasteiger partial charge in [0.05, 0.1) is 5.69 Å². The molecule has 3 nitrogen and oxygen atoms in total. The van der Waals surface area contributed by atoms with Crippen LogP contribution in [0.4, 0.5) is 13.2 Å². The van der Waals surface area contributed by atoms with E-state index < -0.39 is 28.4 Å². The van der Waals surface area contributed by atoms with Crippen LogP contribution in [0, 0.1) is 0 Å².